The lowest BCUT2D eigenvalue weighted by Crippen LogP contribution is -2.63. The molecule has 2 aliphatic rings. The van der Waals surface area contributed by atoms with Crippen molar-refractivity contribution in [2.75, 3.05) is 6.54 Å². The SMILES string of the molecule is CC(C)CC1C(=O)NC(C)C(=O)N1CC1CCC(C)O1. The number of carbonyl (C=O) groups excluding carboxylic acids is 2. The molecule has 2 amide bonds. The molecule has 2 saturated heterocycles. The summed E-state index contributed by atoms with van der Waals surface area (Å²) < 4.78 is 5.81. The van der Waals surface area contributed by atoms with Crippen LogP contribution in [0, 0.1) is 5.92 Å². The fourth-order valence-electron chi connectivity index (χ4n) is 3.05. The molecule has 1 N–H and O–H groups in total. The summed E-state index contributed by atoms with van der Waals surface area (Å²) in [7, 11) is 0. The molecule has 0 saturated carbocycles. The van der Waals surface area contributed by atoms with Gasteiger partial charge in [-0.3, -0.25) is 9.59 Å². The van der Waals surface area contributed by atoms with E-state index in [2.05, 4.69) is 26.1 Å². The second-order valence-corrected chi connectivity index (χ2v) is 6.51. The average molecular weight is 282 g/mol. The van der Waals surface area contributed by atoms with Crippen LogP contribution in [0.3, 0.4) is 0 Å². The number of carbonyl (C=O) groups is 2. The van der Waals surface area contributed by atoms with Crippen LogP contribution in [0.4, 0.5) is 0 Å². The lowest BCUT2D eigenvalue weighted by atomic mass is 9.97. The third-order valence-corrected chi connectivity index (χ3v) is 4.11. The van der Waals surface area contributed by atoms with Crippen molar-refractivity contribution in [3.8, 4) is 0 Å². The molecule has 2 aliphatic heterocycles. The van der Waals surface area contributed by atoms with Crippen molar-refractivity contribution >= 4 is 11.8 Å². The number of hydrogen-bond donors (Lipinski definition) is 1. The standard InChI is InChI=1S/C15H26N2O3/c1-9(2)7-13-14(18)16-11(4)15(19)17(13)8-12-6-5-10(3)20-12/h9-13H,5-8H2,1-4H3,(H,16,18). The second-order valence-electron chi connectivity index (χ2n) is 6.51. The number of ether oxygens (including phenoxy) is 1. The lowest BCUT2D eigenvalue weighted by molar-refractivity contribution is -0.151. The summed E-state index contributed by atoms with van der Waals surface area (Å²) in [5.41, 5.74) is 0. The largest absolute Gasteiger partial charge is 0.373 e. The van der Waals surface area contributed by atoms with Crippen LogP contribution in [-0.2, 0) is 14.3 Å². The number of rotatable bonds is 4. The molecule has 4 atom stereocenters. The highest BCUT2D eigenvalue weighted by molar-refractivity contribution is 5.96. The van der Waals surface area contributed by atoms with Crippen LogP contribution in [0.2, 0.25) is 0 Å². The third kappa shape index (κ3) is 3.32. The Balaban J connectivity index is 2.09. The quantitative estimate of drug-likeness (QED) is 0.846. The van der Waals surface area contributed by atoms with Gasteiger partial charge in [0.25, 0.3) is 0 Å². The average Bonchev–Trinajstić information content (AvgIpc) is 2.76. The smallest absolute Gasteiger partial charge is 0.245 e. The Bertz CT molecular complexity index is 383. The molecular weight excluding hydrogens is 256 g/mol. The number of nitrogens with one attached hydrogen (secondary N) is 1. The predicted octanol–water partition coefficient (Wildman–Crippen LogP) is 1.32. The maximum Gasteiger partial charge on any atom is 0.245 e. The van der Waals surface area contributed by atoms with Crippen LogP contribution in [0.25, 0.3) is 0 Å². The van der Waals surface area contributed by atoms with Crippen molar-refractivity contribution in [2.24, 2.45) is 5.92 Å². The van der Waals surface area contributed by atoms with E-state index in [4.69, 9.17) is 4.74 Å². The number of piperazine rings is 1. The van der Waals surface area contributed by atoms with Crippen LogP contribution >= 0.6 is 0 Å². The van der Waals surface area contributed by atoms with Gasteiger partial charge in [-0.05, 0) is 39.0 Å². The van der Waals surface area contributed by atoms with E-state index in [1.807, 2.05) is 0 Å². The molecular formula is C15H26N2O3. The topological polar surface area (TPSA) is 58.6 Å². The Kier molecular flexibility index (Phi) is 4.68. The first-order chi connectivity index (χ1) is 9.38. The zero-order valence-electron chi connectivity index (χ0n) is 12.9. The predicted molar refractivity (Wildman–Crippen MR) is 76.1 cm³/mol. The maximum absolute atomic E-state index is 12.4. The molecule has 0 aromatic carbocycles. The Hall–Kier alpha value is -1.10. The van der Waals surface area contributed by atoms with Gasteiger partial charge in [0.2, 0.25) is 11.8 Å². The summed E-state index contributed by atoms with van der Waals surface area (Å²) >= 11 is 0. The molecule has 0 aromatic heterocycles. The number of amides is 2. The molecule has 114 valence electrons. The minimum atomic E-state index is -0.426. The Morgan fingerprint density at radius 3 is 2.55 bits per heavy atom. The molecule has 2 heterocycles. The summed E-state index contributed by atoms with van der Waals surface area (Å²) in [4.78, 5) is 26.3. The summed E-state index contributed by atoms with van der Waals surface area (Å²) in [6.45, 7) is 8.48. The minimum absolute atomic E-state index is 0.0124. The first-order valence-electron chi connectivity index (χ1n) is 7.64. The molecule has 0 bridgehead atoms. The van der Waals surface area contributed by atoms with Gasteiger partial charge in [0.1, 0.15) is 12.1 Å². The van der Waals surface area contributed by atoms with Gasteiger partial charge in [0.15, 0.2) is 0 Å². The highest BCUT2D eigenvalue weighted by Gasteiger charge is 2.40. The minimum Gasteiger partial charge on any atom is -0.373 e. The van der Waals surface area contributed by atoms with E-state index in [9.17, 15) is 9.59 Å². The Morgan fingerprint density at radius 2 is 2.00 bits per heavy atom. The monoisotopic (exact) mass is 282 g/mol. The summed E-state index contributed by atoms with van der Waals surface area (Å²) in [6.07, 6.45) is 3.03. The highest BCUT2D eigenvalue weighted by Crippen LogP contribution is 2.24. The zero-order chi connectivity index (χ0) is 14.9. The molecule has 5 nitrogen and oxygen atoms in total. The van der Waals surface area contributed by atoms with Crippen LogP contribution in [0.15, 0.2) is 0 Å². The molecule has 2 rings (SSSR count). The first-order valence-corrected chi connectivity index (χ1v) is 7.64. The van der Waals surface area contributed by atoms with Crippen LogP contribution < -0.4 is 5.32 Å². The van der Waals surface area contributed by atoms with Crippen LogP contribution in [0.1, 0.15) is 47.0 Å². The van der Waals surface area contributed by atoms with Gasteiger partial charge in [-0.1, -0.05) is 13.8 Å². The normalized spacial score (nSPS) is 34.8. The molecule has 0 aliphatic carbocycles. The van der Waals surface area contributed by atoms with Gasteiger partial charge >= 0.3 is 0 Å². The van der Waals surface area contributed by atoms with Gasteiger partial charge in [0.05, 0.1) is 12.2 Å². The Labute approximate surface area is 121 Å². The van der Waals surface area contributed by atoms with Crippen molar-refractivity contribution < 1.29 is 14.3 Å². The highest BCUT2D eigenvalue weighted by atomic mass is 16.5. The lowest BCUT2D eigenvalue weighted by Gasteiger charge is -2.39. The van der Waals surface area contributed by atoms with Gasteiger partial charge in [-0.15, -0.1) is 0 Å². The van der Waals surface area contributed by atoms with Crippen LogP contribution in [-0.4, -0.2) is 47.6 Å². The first kappa shape index (κ1) is 15.3. The molecule has 5 heteroatoms. The zero-order valence-corrected chi connectivity index (χ0v) is 12.9. The van der Waals surface area contributed by atoms with Crippen LogP contribution in [0.5, 0.6) is 0 Å². The number of hydrogen-bond acceptors (Lipinski definition) is 3. The Morgan fingerprint density at radius 1 is 1.30 bits per heavy atom. The third-order valence-electron chi connectivity index (χ3n) is 4.11. The van der Waals surface area contributed by atoms with Crippen molar-refractivity contribution in [1.29, 1.82) is 0 Å². The summed E-state index contributed by atoms with van der Waals surface area (Å²) in [6, 6.07) is -0.775. The molecule has 0 spiro atoms. The van der Waals surface area contributed by atoms with Crippen molar-refractivity contribution in [1.82, 2.24) is 10.2 Å². The van der Waals surface area contributed by atoms with E-state index < -0.39 is 6.04 Å². The molecule has 0 radical (unpaired) electrons. The van der Waals surface area contributed by atoms with Crippen molar-refractivity contribution in [3.05, 3.63) is 0 Å². The fraction of sp³-hybridized carbons (Fsp3) is 0.867. The molecule has 20 heavy (non-hydrogen) atoms. The van der Waals surface area contributed by atoms with Gasteiger partial charge in [-0.2, -0.15) is 0 Å². The van der Waals surface area contributed by atoms with Gasteiger partial charge in [-0.25, -0.2) is 0 Å². The van der Waals surface area contributed by atoms with E-state index in [0.29, 0.717) is 18.9 Å². The number of nitrogens with zero attached hydrogens (tertiary/aromatic N) is 1. The van der Waals surface area contributed by atoms with Gasteiger partial charge < -0.3 is 15.0 Å². The fourth-order valence-corrected chi connectivity index (χ4v) is 3.05. The van der Waals surface area contributed by atoms with E-state index in [1.165, 1.54) is 0 Å². The van der Waals surface area contributed by atoms with Crippen molar-refractivity contribution in [3.63, 3.8) is 0 Å². The van der Waals surface area contributed by atoms with E-state index in [1.54, 1.807) is 11.8 Å². The van der Waals surface area contributed by atoms with E-state index >= 15 is 0 Å². The summed E-state index contributed by atoms with van der Waals surface area (Å²) in [5, 5.41) is 2.78. The molecule has 4 unspecified atom stereocenters. The van der Waals surface area contributed by atoms with Crippen molar-refractivity contribution in [2.45, 2.75) is 71.2 Å². The van der Waals surface area contributed by atoms with Gasteiger partial charge in [0, 0.05) is 6.54 Å². The van der Waals surface area contributed by atoms with E-state index in [0.717, 1.165) is 12.8 Å². The summed E-state index contributed by atoms with van der Waals surface area (Å²) in [5.74, 6) is 0.355. The van der Waals surface area contributed by atoms with E-state index in [-0.39, 0.29) is 30.1 Å². The maximum atomic E-state index is 12.4. The molecule has 2 fully saturated rings. The second kappa shape index (κ2) is 6.12. The molecule has 0 aromatic rings.